The number of nitrogens with one attached hydrogen (secondary N) is 2. The molecule has 0 bridgehead atoms. The van der Waals surface area contributed by atoms with E-state index in [0.717, 1.165) is 11.1 Å². The highest BCUT2D eigenvalue weighted by Gasteiger charge is 2.17. The van der Waals surface area contributed by atoms with E-state index in [4.69, 9.17) is 0 Å². The Morgan fingerprint density at radius 1 is 1.11 bits per heavy atom. The molecule has 2 aromatic carbocycles. The average molecular weight is 387 g/mol. The van der Waals surface area contributed by atoms with Gasteiger partial charge in [0.25, 0.3) is 5.69 Å². The number of rotatable bonds is 7. The Hall–Kier alpha value is -2.87. The standard InChI is InChI=1S/C19H21N3O4S/c1-12-4-7-15(8-5-12)20-18(23)11-27-14(3)19(24)21-17-10-16(22(25)26)9-6-13(17)2/h4-10,14H,11H2,1-3H3,(H,20,23)(H,21,24). The molecule has 0 saturated heterocycles. The van der Waals surface area contributed by atoms with Gasteiger partial charge in [0.1, 0.15) is 0 Å². The Labute approximate surface area is 161 Å². The third kappa shape index (κ3) is 6.10. The van der Waals surface area contributed by atoms with Crippen molar-refractivity contribution in [1.82, 2.24) is 0 Å². The van der Waals surface area contributed by atoms with E-state index < -0.39 is 10.2 Å². The number of nitro benzene ring substituents is 1. The number of nitrogens with zero attached hydrogens (tertiary/aromatic N) is 1. The molecule has 2 rings (SSSR count). The molecule has 2 aromatic rings. The normalized spacial score (nSPS) is 11.5. The first kappa shape index (κ1) is 20.4. The molecule has 0 radical (unpaired) electrons. The van der Waals surface area contributed by atoms with Crippen LogP contribution in [0.15, 0.2) is 42.5 Å². The Morgan fingerprint density at radius 2 is 1.78 bits per heavy atom. The first-order valence-corrected chi connectivity index (χ1v) is 9.35. The summed E-state index contributed by atoms with van der Waals surface area (Å²) in [6.45, 7) is 5.41. The van der Waals surface area contributed by atoms with Gasteiger partial charge < -0.3 is 10.6 Å². The van der Waals surface area contributed by atoms with Crippen LogP contribution >= 0.6 is 11.8 Å². The lowest BCUT2D eigenvalue weighted by molar-refractivity contribution is -0.384. The van der Waals surface area contributed by atoms with Crippen molar-refractivity contribution in [3.63, 3.8) is 0 Å². The highest BCUT2D eigenvalue weighted by atomic mass is 32.2. The Kier molecular flexibility index (Phi) is 6.95. The molecule has 0 saturated carbocycles. The van der Waals surface area contributed by atoms with Crippen LogP contribution in [-0.2, 0) is 9.59 Å². The molecule has 2 N–H and O–H groups in total. The number of benzene rings is 2. The Morgan fingerprint density at radius 3 is 2.41 bits per heavy atom. The molecule has 1 unspecified atom stereocenters. The molecule has 0 aromatic heterocycles. The fraction of sp³-hybridized carbons (Fsp3) is 0.263. The summed E-state index contributed by atoms with van der Waals surface area (Å²) in [5.41, 5.74) is 2.84. The van der Waals surface area contributed by atoms with Crippen LogP contribution < -0.4 is 10.6 Å². The summed E-state index contributed by atoms with van der Waals surface area (Å²) in [7, 11) is 0. The maximum Gasteiger partial charge on any atom is 0.271 e. The monoisotopic (exact) mass is 387 g/mol. The number of hydrogen-bond donors (Lipinski definition) is 2. The highest BCUT2D eigenvalue weighted by Crippen LogP contribution is 2.23. The molecule has 0 aliphatic heterocycles. The molecule has 0 heterocycles. The number of amides is 2. The van der Waals surface area contributed by atoms with Gasteiger partial charge >= 0.3 is 0 Å². The number of nitro groups is 1. The fourth-order valence-corrected chi connectivity index (χ4v) is 2.89. The van der Waals surface area contributed by atoms with Crippen molar-refractivity contribution in [3.05, 3.63) is 63.7 Å². The van der Waals surface area contributed by atoms with Gasteiger partial charge in [-0.1, -0.05) is 23.8 Å². The summed E-state index contributed by atoms with van der Waals surface area (Å²) in [6.07, 6.45) is 0. The van der Waals surface area contributed by atoms with Gasteiger partial charge in [-0.3, -0.25) is 19.7 Å². The summed E-state index contributed by atoms with van der Waals surface area (Å²) in [6, 6.07) is 11.7. The van der Waals surface area contributed by atoms with Gasteiger partial charge in [0.15, 0.2) is 0 Å². The fourth-order valence-electron chi connectivity index (χ4n) is 2.20. The molecule has 27 heavy (non-hydrogen) atoms. The van der Waals surface area contributed by atoms with Crippen LogP contribution in [0.1, 0.15) is 18.1 Å². The largest absolute Gasteiger partial charge is 0.325 e. The second kappa shape index (κ2) is 9.18. The molecule has 0 fully saturated rings. The molecule has 1 atom stereocenters. The van der Waals surface area contributed by atoms with Gasteiger partial charge in [0.2, 0.25) is 11.8 Å². The van der Waals surface area contributed by atoms with Crippen molar-refractivity contribution in [2.24, 2.45) is 0 Å². The smallest absolute Gasteiger partial charge is 0.271 e. The van der Waals surface area contributed by atoms with Crippen LogP contribution in [0.5, 0.6) is 0 Å². The summed E-state index contributed by atoms with van der Waals surface area (Å²) < 4.78 is 0. The number of aryl methyl sites for hydroxylation is 2. The minimum Gasteiger partial charge on any atom is -0.325 e. The van der Waals surface area contributed by atoms with E-state index in [2.05, 4.69) is 10.6 Å². The van der Waals surface area contributed by atoms with Gasteiger partial charge in [-0.15, -0.1) is 11.8 Å². The van der Waals surface area contributed by atoms with Gasteiger partial charge in [0.05, 0.1) is 21.6 Å². The van der Waals surface area contributed by atoms with E-state index >= 15 is 0 Å². The molecule has 142 valence electrons. The van der Waals surface area contributed by atoms with Crippen molar-refractivity contribution in [1.29, 1.82) is 0 Å². The van der Waals surface area contributed by atoms with Gasteiger partial charge in [-0.2, -0.15) is 0 Å². The molecule has 0 aliphatic carbocycles. The second-order valence-electron chi connectivity index (χ2n) is 6.11. The zero-order chi connectivity index (χ0) is 20.0. The minimum absolute atomic E-state index is 0.0892. The topological polar surface area (TPSA) is 101 Å². The minimum atomic E-state index is -0.511. The number of hydrogen-bond acceptors (Lipinski definition) is 5. The van der Waals surface area contributed by atoms with Crippen molar-refractivity contribution in [3.8, 4) is 0 Å². The molecular weight excluding hydrogens is 366 g/mol. The quantitative estimate of drug-likeness (QED) is 0.554. The molecule has 2 amide bonds. The van der Waals surface area contributed by atoms with Crippen molar-refractivity contribution in [2.45, 2.75) is 26.0 Å². The first-order chi connectivity index (χ1) is 12.8. The van der Waals surface area contributed by atoms with Crippen molar-refractivity contribution in [2.75, 3.05) is 16.4 Å². The van der Waals surface area contributed by atoms with Crippen LogP contribution in [0, 0.1) is 24.0 Å². The van der Waals surface area contributed by atoms with E-state index in [0.29, 0.717) is 11.4 Å². The zero-order valence-electron chi connectivity index (χ0n) is 15.3. The lowest BCUT2D eigenvalue weighted by Gasteiger charge is -2.13. The van der Waals surface area contributed by atoms with Crippen LogP contribution in [0.3, 0.4) is 0 Å². The van der Waals surface area contributed by atoms with Gasteiger partial charge in [-0.05, 0) is 38.5 Å². The molecule has 0 aliphatic rings. The summed E-state index contributed by atoms with van der Waals surface area (Å²) in [5.74, 6) is -0.391. The predicted octanol–water partition coefficient (Wildman–Crippen LogP) is 3.91. The third-order valence-electron chi connectivity index (χ3n) is 3.86. The summed E-state index contributed by atoms with van der Waals surface area (Å²) in [4.78, 5) is 34.7. The van der Waals surface area contributed by atoms with Gasteiger partial charge in [-0.25, -0.2) is 0 Å². The second-order valence-corrected chi connectivity index (χ2v) is 7.44. The molecular formula is C19H21N3O4S. The highest BCUT2D eigenvalue weighted by molar-refractivity contribution is 8.01. The van der Waals surface area contributed by atoms with Crippen LogP contribution in [0.25, 0.3) is 0 Å². The maximum atomic E-state index is 12.3. The first-order valence-electron chi connectivity index (χ1n) is 8.30. The summed E-state index contributed by atoms with van der Waals surface area (Å²) in [5, 5.41) is 15.8. The van der Waals surface area contributed by atoms with Crippen LogP contribution in [0.2, 0.25) is 0 Å². The Balaban J connectivity index is 1.88. The number of carbonyl (C=O) groups excluding carboxylic acids is 2. The Bertz CT molecular complexity index is 853. The maximum absolute atomic E-state index is 12.3. The van der Waals surface area contributed by atoms with Crippen LogP contribution in [-0.4, -0.2) is 27.7 Å². The number of thioether (sulfide) groups is 1. The molecule has 7 nitrogen and oxygen atoms in total. The number of non-ortho nitro benzene ring substituents is 1. The van der Waals surface area contributed by atoms with E-state index in [1.165, 1.54) is 23.9 Å². The predicted molar refractivity (Wildman–Crippen MR) is 108 cm³/mol. The van der Waals surface area contributed by atoms with Crippen molar-refractivity contribution < 1.29 is 14.5 Å². The molecule has 8 heteroatoms. The zero-order valence-corrected chi connectivity index (χ0v) is 16.1. The number of anilines is 2. The van der Waals surface area contributed by atoms with Crippen LogP contribution in [0.4, 0.5) is 17.1 Å². The molecule has 0 spiro atoms. The van der Waals surface area contributed by atoms with Gasteiger partial charge in [0, 0.05) is 17.8 Å². The third-order valence-corrected chi connectivity index (χ3v) is 5.00. The average Bonchev–Trinajstić information content (AvgIpc) is 2.63. The summed E-state index contributed by atoms with van der Waals surface area (Å²) >= 11 is 1.19. The van der Waals surface area contributed by atoms with E-state index in [-0.39, 0.29) is 23.3 Å². The van der Waals surface area contributed by atoms with Crippen molar-refractivity contribution >= 4 is 40.6 Å². The van der Waals surface area contributed by atoms with E-state index in [1.807, 2.05) is 31.2 Å². The lowest BCUT2D eigenvalue weighted by atomic mass is 10.2. The van der Waals surface area contributed by atoms with E-state index in [9.17, 15) is 19.7 Å². The number of carbonyl (C=O) groups is 2. The van der Waals surface area contributed by atoms with E-state index in [1.54, 1.807) is 19.9 Å². The SMILES string of the molecule is Cc1ccc(NC(=O)CSC(C)C(=O)Nc2cc([N+](=O)[O-])ccc2C)cc1. The lowest BCUT2D eigenvalue weighted by Crippen LogP contribution is -2.25.